The predicted molar refractivity (Wildman–Crippen MR) is 143 cm³/mol. The van der Waals surface area contributed by atoms with E-state index in [9.17, 15) is 34.8 Å². The lowest BCUT2D eigenvalue weighted by molar-refractivity contribution is -0.144. The number of primary amides is 1. The van der Waals surface area contributed by atoms with Crippen molar-refractivity contribution in [1.82, 2.24) is 9.88 Å². The summed E-state index contributed by atoms with van der Waals surface area (Å²) in [6.07, 6.45) is 4.95. The van der Waals surface area contributed by atoms with Crippen molar-refractivity contribution in [3.8, 4) is 17.0 Å². The van der Waals surface area contributed by atoms with E-state index in [1.54, 1.807) is 12.3 Å². The molecule has 0 radical (unpaired) electrons. The van der Waals surface area contributed by atoms with Crippen LogP contribution in [0.2, 0.25) is 0 Å². The average molecular weight is 546 g/mol. The van der Waals surface area contributed by atoms with Gasteiger partial charge in [0.05, 0.1) is 11.3 Å². The highest BCUT2D eigenvalue weighted by molar-refractivity contribution is 6.24. The molecule has 0 unspecified atom stereocenters. The number of carbonyl (C=O) groups is 3. The number of aromatic hydroxyl groups is 1. The Morgan fingerprint density at radius 2 is 1.85 bits per heavy atom. The van der Waals surface area contributed by atoms with Crippen molar-refractivity contribution in [2.75, 3.05) is 13.1 Å². The monoisotopic (exact) mass is 545 g/mol. The normalized spacial score (nSPS) is 26.8. The topological polar surface area (TPSA) is 174 Å². The molecule has 3 aliphatic carbocycles. The van der Waals surface area contributed by atoms with Gasteiger partial charge in [-0.25, -0.2) is 0 Å². The molecular formula is C30H31N3O7. The van der Waals surface area contributed by atoms with Crippen LogP contribution in [0.3, 0.4) is 0 Å². The lowest BCUT2D eigenvalue weighted by Gasteiger charge is -2.45. The molecule has 1 saturated heterocycles. The van der Waals surface area contributed by atoms with Crippen molar-refractivity contribution in [2.45, 2.75) is 50.7 Å². The summed E-state index contributed by atoms with van der Waals surface area (Å²) in [7, 11) is 0. The minimum absolute atomic E-state index is 0.0202. The fourth-order valence-corrected chi connectivity index (χ4v) is 6.97. The number of hydrogen-bond donors (Lipinski definition) is 5. The Morgan fingerprint density at radius 1 is 1.10 bits per heavy atom. The number of allylic oxidation sites excluding steroid dienone is 2. The van der Waals surface area contributed by atoms with Gasteiger partial charge < -0.3 is 26.2 Å². The number of Topliss-reactive ketones (excluding diaryl/α,β-unsaturated/α-hetero) is 2. The molecule has 1 fully saturated rings. The summed E-state index contributed by atoms with van der Waals surface area (Å²) in [5, 5.41) is 44.7. The molecule has 40 heavy (non-hydrogen) atoms. The van der Waals surface area contributed by atoms with Crippen molar-refractivity contribution >= 4 is 17.5 Å². The Balaban J connectivity index is 1.51. The number of hydrogen-bond acceptors (Lipinski definition) is 9. The van der Waals surface area contributed by atoms with Crippen LogP contribution in [0.25, 0.3) is 11.3 Å². The highest BCUT2D eigenvalue weighted by Crippen LogP contribution is 2.52. The fourth-order valence-electron chi connectivity index (χ4n) is 6.97. The van der Waals surface area contributed by atoms with Crippen LogP contribution in [0.4, 0.5) is 0 Å². The second-order valence-electron chi connectivity index (χ2n) is 11.2. The van der Waals surface area contributed by atoms with Gasteiger partial charge in [-0.2, -0.15) is 0 Å². The third-order valence-electron chi connectivity index (χ3n) is 8.92. The lowest BCUT2D eigenvalue weighted by atomic mass is 9.60. The number of rotatable bonds is 4. The number of fused-ring (bicyclic) bond motifs is 3. The number of nitrogens with zero attached hydrogens (tertiary/aromatic N) is 2. The van der Waals surface area contributed by atoms with Gasteiger partial charge in [-0.05, 0) is 68.5 Å². The second-order valence-corrected chi connectivity index (χ2v) is 11.2. The number of phenolic OH excluding ortho intramolecular Hbond substituents is 1. The number of ketones is 2. The molecule has 6 N–H and O–H groups in total. The molecule has 10 nitrogen and oxygen atoms in total. The average Bonchev–Trinajstić information content (AvgIpc) is 2.93. The van der Waals surface area contributed by atoms with Crippen LogP contribution in [0.1, 0.15) is 53.6 Å². The van der Waals surface area contributed by atoms with Crippen LogP contribution in [-0.2, 0) is 22.6 Å². The van der Waals surface area contributed by atoms with Crippen LogP contribution in [0.15, 0.2) is 53.1 Å². The van der Waals surface area contributed by atoms with E-state index in [1.165, 1.54) is 0 Å². The smallest absolute Gasteiger partial charge is 0.255 e. The van der Waals surface area contributed by atoms with Crippen molar-refractivity contribution in [1.29, 1.82) is 0 Å². The third kappa shape index (κ3) is 3.85. The molecule has 0 saturated carbocycles. The van der Waals surface area contributed by atoms with Gasteiger partial charge in [-0.15, -0.1) is 0 Å². The van der Waals surface area contributed by atoms with E-state index in [0.717, 1.165) is 32.4 Å². The maximum Gasteiger partial charge on any atom is 0.255 e. The Bertz CT molecular complexity index is 1510. The van der Waals surface area contributed by atoms with Crippen LogP contribution in [-0.4, -0.2) is 66.5 Å². The van der Waals surface area contributed by atoms with Crippen molar-refractivity contribution in [3.05, 3.63) is 69.8 Å². The van der Waals surface area contributed by atoms with E-state index in [0.29, 0.717) is 28.9 Å². The summed E-state index contributed by atoms with van der Waals surface area (Å²) < 4.78 is 0. The number of aliphatic hydroxyl groups excluding tert-OH is 2. The first-order valence-electron chi connectivity index (χ1n) is 13.6. The number of benzene rings is 1. The second kappa shape index (κ2) is 9.57. The highest BCUT2D eigenvalue weighted by Gasteiger charge is 2.59. The highest BCUT2D eigenvalue weighted by atomic mass is 16.3. The zero-order valence-electron chi connectivity index (χ0n) is 21.9. The van der Waals surface area contributed by atoms with E-state index < -0.39 is 52.0 Å². The summed E-state index contributed by atoms with van der Waals surface area (Å²) in [4.78, 5) is 46.0. The molecule has 2 heterocycles. The molecule has 3 atom stereocenters. The molecule has 2 aromatic rings. The summed E-state index contributed by atoms with van der Waals surface area (Å²) in [5.74, 6) is -6.29. The molecule has 0 bridgehead atoms. The minimum Gasteiger partial charge on any atom is -0.511 e. The predicted octanol–water partition coefficient (Wildman–Crippen LogP) is 2.63. The molecule has 6 rings (SSSR count). The van der Waals surface area contributed by atoms with Gasteiger partial charge in [-0.1, -0.05) is 12.5 Å². The van der Waals surface area contributed by atoms with Gasteiger partial charge in [0, 0.05) is 41.8 Å². The van der Waals surface area contributed by atoms with Gasteiger partial charge in [0.1, 0.15) is 22.8 Å². The largest absolute Gasteiger partial charge is 0.511 e. The molecule has 1 aromatic heterocycles. The van der Waals surface area contributed by atoms with Crippen LogP contribution in [0.5, 0.6) is 5.75 Å². The maximum absolute atomic E-state index is 14.1. The number of piperidine rings is 1. The quantitative estimate of drug-likeness (QED) is 0.362. The number of phenols is 1. The molecule has 208 valence electrons. The first-order valence-corrected chi connectivity index (χ1v) is 13.6. The Hall–Kier alpha value is -4.02. The van der Waals surface area contributed by atoms with Crippen molar-refractivity contribution in [2.24, 2.45) is 17.6 Å². The van der Waals surface area contributed by atoms with Crippen molar-refractivity contribution < 1.29 is 34.8 Å². The Labute approximate surface area is 230 Å². The standard InChI is InChI=1S/C30H31N3O7/c31-29(39)24-21(34)13-17-10-15-11-19-18(20-6-2-3-7-32-20)12-16(14-33-8-4-1-5-9-33)25(35)23(19)26(36)22(15)27(37)30(17,40)28(24)38/h2-3,6-7,12,15,17,34-35,37,40H,1,4-5,8-11,13-14H2,(H2,31,39)/t15-,17+,30+/m1/s1. The molecular weight excluding hydrogens is 514 g/mol. The van der Waals surface area contributed by atoms with E-state index in [2.05, 4.69) is 9.88 Å². The molecule has 10 heteroatoms. The first kappa shape index (κ1) is 26.2. The number of aliphatic hydroxyl groups is 3. The van der Waals surface area contributed by atoms with Gasteiger partial charge >= 0.3 is 0 Å². The number of likely N-dealkylation sites (tertiary alicyclic amines) is 1. The van der Waals surface area contributed by atoms with Gasteiger partial charge in [-0.3, -0.25) is 24.3 Å². The van der Waals surface area contributed by atoms with Crippen molar-refractivity contribution in [3.63, 3.8) is 0 Å². The van der Waals surface area contributed by atoms with Crippen LogP contribution in [0, 0.1) is 11.8 Å². The molecule has 1 aromatic carbocycles. The molecule has 0 spiro atoms. The van der Waals surface area contributed by atoms with E-state index in [-0.39, 0.29) is 36.1 Å². The minimum atomic E-state index is -2.58. The third-order valence-corrected chi connectivity index (χ3v) is 8.92. The van der Waals surface area contributed by atoms with Gasteiger partial charge in [0.15, 0.2) is 11.4 Å². The zero-order valence-corrected chi connectivity index (χ0v) is 21.9. The number of aromatic nitrogens is 1. The molecule has 1 amide bonds. The first-order chi connectivity index (χ1) is 19.1. The lowest BCUT2D eigenvalue weighted by Crippen LogP contribution is -2.57. The van der Waals surface area contributed by atoms with E-state index in [1.807, 2.05) is 18.2 Å². The number of carbonyl (C=O) groups excluding carboxylic acids is 3. The maximum atomic E-state index is 14.1. The SMILES string of the molecule is NC(=O)C1=C(O)C[C@@H]2C[C@@H]3Cc4c(-c5ccccn5)cc(CN5CCCCC5)c(O)c4C(=O)C3=C(O)[C@]2(O)C1=O. The van der Waals surface area contributed by atoms with E-state index >= 15 is 0 Å². The van der Waals surface area contributed by atoms with Gasteiger partial charge in [0.2, 0.25) is 5.78 Å². The zero-order chi connectivity index (χ0) is 28.3. The summed E-state index contributed by atoms with van der Waals surface area (Å²) in [5.41, 5.74) is 4.25. The summed E-state index contributed by atoms with van der Waals surface area (Å²) in [6.45, 7) is 2.17. The Kier molecular flexibility index (Phi) is 6.27. The fraction of sp³-hybridized carbons (Fsp3) is 0.400. The van der Waals surface area contributed by atoms with Crippen LogP contribution < -0.4 is 5.73 Å². The molecule has 1 aliphatic heterocycles. The number of pyridine rings is 1. The van der Waals surface area contributed by atoms with E-state index in [4.69, 9.17) is 5.73 Å². The Morgan fingerprint density at radius 3 is 2.52 bits per heavy atom. The number of nitrogens with two attached hydrogens (primary N) is 1. The summed E-state index contributed by atoms with van der Waals surface area (Å²) >= 11 is 0. The molecule has 4 aliphatic rings. The van der Waals surface area contributed by atoms with Gasteiger partial charge in [0.25, 0.3) is 5.91 Å². The van der Waals surface area contributed by atoms with Crippen LogP contribution >= 0.6 is 0 Å². The summed E-state index contributed by atoms with van der Waals surface area (Å²) in [6, 6.07) is 7.34. The number of amides is 1.